The average molecular weight is 386 g/mol. The molecule has 0 bridgehead atoms. The van der Waals surface area contributed by atoms with E-state index in [1.54, 1.807) is 0 Å². The van der Waals surface area contributed by atoms with Gasteiger partial charge < -0.3 is 10.6 Å². The molecule has 142 valence electrons. The Morgan fingerprint density at radius 1 is 1.07 bits per heavy atom. The fraction of sp³-hybridized carbons (Fsp3) is 0.263. The molecule has 2 N–H and O–H groups in total. The molecule has 1 amide bonds. The smallest absolute Gasteiger partial charge is 0.251 e. The van der Waals surface area contributed by atoms with E-state index in [1.807, 2.05) is 18.2 Å². The minimum atomic E-state index is -3.50. The first-order valence-corrected chi connectivity index (χ1v) is 10.0. The molecule has 0 radical (unpaired) electrons. The molecular weight excluding hydrogens is 364 g/mol. The third-order valence-electron chi connectivity index (χ3n) is 4.28. The summed E-state index contributed by atoms with van der Waals surface area (Å²) in [5, 5.41) is 6.05. The number of aliphatic imine (C=N–C) groups is 1. The van der Waals surface area contributed by atoms with Crippen molar-refractivity contribution in [2.24, 2.45) is 4.99 Å². The zero-order valence-electron chi connectivity index (χ0n) is 15.3. The topological polar surface area (TPSA) is 90.9 Å². The van der Waals surface area contributed by atoms with Crippen LogP contribution in [0.4, 0.5) is 0 Å². The molecule has 3 rings (SSSR count). The number of benzene rings is 2. The van der Waals surface area contributed by atoms with E-state index < -0.39 is 10.0 Å². The summed E-state index contributed by atoms with van der Waals surface area (Å²) in [6.07, 6.45) is 0. The van der Waals surface area contributed by atoms with Crippen molar-refractivity contribution >= 4 is 21.8 Å². The van der Waals surface area contributed by atoms with Crippen molar-refractivity contribution in [3.05, 3.63) is 65.2 Å². The quantitative estimate of drug-likeness (QED) is 0.731. The van der Waals surface area contributed by atoms with Gasteiger partial charge in [0.15, 0.2) is 0 Å². The minimum Gasteiger partial charge on any atom is -0.368 e. The number of hydrogen-bond donors (Lipinski definition) is 2. The molecule has 0 aromatic heterocycles. The Labute approximate surface area is 159 Å². The number of nitrogens with one attached hydrogen (secondary N) is 2. The van der Waals surface area contributed by atoms with Crippen LogP contribution < -0.4 is 10.6 Å². The lowest BCUT2D eigenvalue weighted by molar-refractivity contribution is 0.0954. The number of rotatable bonds is 6. The SMILES string of the molecule is CN(C)S(=O)(=O)c1ccc(C(=O)NCCNC2=NCc3ccccc32)cc1. The third kappa shape index (κ3) is 4.17. The van der Waals surface area contributed by atoms with Crippen LogP contribution in [-0.2, 0) is 16.6 Å². The van der Waals surface area contributed by atoms with E-state index in [0.717, 1.165) is 15.7 Å². The minimum absolute atomic E-state index is 0.156. The first-order chi connectivity index (χ1) is 12.9. The van der Waals surface area contributed by atoms with Crippen LogP contribution in [0, 0.1) is 0 Å². The molecule has 0 saturated carbocycles. The number of carbonyl (C=O) groups is 1. The van der Waals surface area contributed by atoms with Crippen LogP contribution in [0.1, 0.15) is 21.5 Å². The summed E-state index contributed by atoms with van der Waals surface area (Å²) >= 11 is 0. The lowest BCUT2D eigenvalue weighted by Gasteiger charge is -2.12. The summed E-state index contributed by atoms with van der Waals surface area (Å²) in [4.78, 5) is 16.8. The Morgan fingerprint density at radius 3 is 2.48 bits per heavy atom. The van der Waals surface area contributed by atoms with Gasteiger partial charge in [-0.15, -0.1) is 0 Å². The Bertz CT molecular complexity index is 967. The largest absolute Gasteiger partial charge is 0.368 e. The van der Waals surface area contributed by atoms with Gasteiger partial charge in [0.2, 0.25) is 10.0 Å². The number of nitrogens with zero attached hydrogens (tertiary/aromatic N) is 2. The predicted molar refractivity (Wildman–Crippen MR) is 104 cm³/mol. The highest BCUT2D eigenvalue weighted by molar-refractivity contribution is 7.89. The maximum atomic E-state index is 12.2. The van der Waals surface area contributed by atoms with Crippen molar-refractivity contribution < 1.29 is 13.2 Å². The maximum absolute atomic E-state index is 12.2. The normalized spacial score (nSPS) is 13.2. The highest BCUT2D eigenvalue weighted by Crippen LogP contribution is 2.16. The number of fused-ring (bicyclic) bond motifs is 1. The molecule has 7 nitrogen and oxygen atoms in total. The highest BCUT2D eigenvalue weighted by Gasteiger charge is 2.17. The van der Waals surface area contributed by atoms with E-state index in [2.05, 4.69) is 21.7 Å². The first-order valence-electron chi connectivity index (χ1n) is 8.57. The number of amides is 1. The van der Waals surface area contributed by atoms with E-state index in [4.69, 9.17) is 0 Å². The molecule has 1 aliphatic heterocycles. The van der Waals surface area contributed by atoms with Crippen molar-refractivity contribution in [3.8, 4) is 0 Å². The van der Waals surface area contributed by atoms with E-state index in [0.29, 0.717) is 25.2 Å². The molecule has 0 fully saturated rings. The molecule has 0 spiro atoms. The molecule has 0 unspecified atom stereocenters. The molecule has 1 heterocycles. The summed E-state index contributed by atoms with van der Waals surface area (Å²) < 4.78 is 25.2. The van der Waals surface area contributed by atoms with Gasteiger partial charge in [-0.25, -0.2) is 12.7 Å². The Hall–Kier alpha value is -2.71. The lowest BCUT2D eigenvalue weighted by atomic mass is 10.1. The van der Waals surface area contributed by atoms with Crippen LogP contribution in [-0.4, -0.2) is 51.7 Å². The molecule has 2 aromatic rings. The predicted octanol–water partition coefficient (Wildman–Crippen LogP) is 1.22. The number of sulfonamides is 1. The highest BCUT2D eigenvalue weighted by atomic mass is 32.2. The summed E-state index contributed by atoms with van der Waals surface area (Å²) in [7, 11) is -0.559. The van der Waals surface area contributed by atoms with Gasteiger partial charge in [-0.3, -0.25) is 9.79 Å². The Morgan fingerprint density at radius 2 is 1.78 bits per heavy atom. The van der Waals surface area contributed by atoms with E-state index in [-0.39, 0.29) is 10.8 Å². The molecule has 0 atom stereocenters. The van der Waals surface area contributed by atoms with Gasteiger partial charge in [0.1, 0.15) is 5.84 Å². The number of carbonyl (C=O) groups excluding carboxylic acids is 1. The Balaban J connectivity index is 1.50. The van der Waals surface area contributed by atoms with Crippen molar-refractivity contribution in [3.63, 3.8) is 0 Å². The van der Waals surface area contributed by atoms with Crippen molar-refractivity contribution in [2.45, 2.75) is 11.4 Å². The van der Waals surface area contributed by atoms with Gasteiger partial charge in [0.25, 0.3) is 5.91 Å². The molecule has 8 heteroatoms. The second-order valence-electron chi connectivity index (χ2n) is 6.32. The van der Waals surface area contributed by atoms with E-state index in [9.17, 15) is 13.2 Å². The summed E-state index contributed by atoms with van der Waals surface area (Å²) in [6, 6.07) is 13.9. The average Bonchev–Trinajstić information content (AvgIpc) is 3.08. The van der Waals surface area contributed by atoms with Crippen LogP contribution in [0.5, 0.6) is 0 Å². The number of amidine groups is 1. The lowest BCUT2D eigenvalue weighted by Crippen LogP contribution is -2.34. The fourth-order valence-electron chi connectivity index (χ4n) is 2.74. The second-order valence-corrected chi connectivity index (χ2v) is 8.47. The van der Waals surface area contributed by atoms with Crippen LogP contribution in [0.3, 0.4) is 0 Å². The van der Waals surface area contributed by atoms with Gasteiger partial charge in [-0.2, -0.15) is 0 Å². The Kier molecular flexibility index (Phi) is 5.57. The summed E-state index contributed by atoms with van der Waals surface area (Å²) in [6.45, 7) is 1.65. The van der Waals surface area contributed by atoms with Gasteiger partial charge in [0, 0.05) is 38.3 Å². The third-order valence-corrected chi connectivity index (χ3v) is 6.11. The van der Waals surface area contributed by atoms with Gasteiger partial charge in [-0.05, 0) is 29.8 Å². The molecule has 2 aromatic carbocycles. The van der Waals surface area contributed by atoms with E-state index in [1.165, 1.54) is 43.9 Å². The van der Waals surface area contributed by atoms with Gasteiger partial charge in [0.05, 0.1) is 11.4 Å². The monoisotopic (exact) mass is 386 g/mol. The summed E-state index contributed by atoms with van der Waals surface area (Å²) in [5.41, 5.74) is 2.70. The number of hydrogen-bond acceptors (Lipinski definition) is 5. The van der Waals surface area contributed by atoms with Crippen LogP contribution >= 0.6 is 0 Å². The second kappa shape index (κ2) is 7.89. The van der Waals surface area contributed by atoms with Crippen LogP contribution in [0.2, 0.25) is 0 Å². The van der Waals surface area contributed by atoms with Crippen molar-refractivity contribution in [1.29, 1.82) is 0 Å². The zero-order chi connectivity index (χ0) is 19.4. The molecule has 0 saturated heterocycles. The first kappa shape index (κ1) is 19.1. The fourth-order valence-corrected chi connectivity index (χ4v) is 3.64. The van der Waals surface area contributed by atoms with Gasteiger partial charge in [-0.1, -0.05) is 24.3 Å². The molecule has 1 aliphatic rings. The zero-order valence-corrected chi connectivity index (χ0v) is 16.1. The molecule has 27 heavy (non-hydrogen) atoms. The maximum Gasteiger partial charge on any atom is 0.251 e. The van der Waals surface area contributed by atoms with Gasteiger partial charge >= 0.3 is 0 Å². The van der Waals surface area contributed by atoms with Crippen molar-refractivity contribution in [2.75, 3.05) is 27.2 Å². The van der Waals surface area contributed by atoms with Crippen molar-refractivity contribution in [1.82, 2.24) is 14.9 Å². The van der Waals surface area contributed by atoms with Crippen LogP contribution in [0.15, 0.2) is 58.4 Å². The molecular formula is C19H22N4O3S. The van der Waals surface area contributed by atoms with Crippen LogP contribution in [0.25, 0.3) is 0 Å². The van der Waals surface area contributed by atoms with E-state index >= 15 is 0 Å². The standard InChI is InChI=1S/C19H22N4O3S/c1-23(2)27(25,26)16-9-7-14(8-10-16)19(24)21-12-11-20-18-17-6-4-3-5-15(17)13-22-18/h3-10H,11-13H2,1-2H3,(H,20,22)(H,21,24). The summed E-state index contributed by atoms with van der Waals surface area (Å²) in [5.74, 6) is 0.595. The molecule has 0 aliphatic carbocycles.